The van der Waals surface area contributed by atoms with Crippen LogP contribution in [0.1, 0.15) is 6.42 Å². The lowest BCUT2D eigenvalue weighted by Gasteiger charge is -2.22. The van der Waals surface area contributed by atoms with E-state index in [1.165, 1.54) is 12.1 Å². The Kier molecular flexibility index (Phi) is 2.98. The summed E-state index contributed by atoms with van der Waals surface area (Å²) in [7, 11) is 4.28. The monoisotopic (exact) mass is 257 g/mol. The standard InChI is InChI=1S/C14H19N5/c1-18(2)12-5-6-19(9-12)11-4-3-10-8-16-14(15)17-13(10)7-11/h3-4,7-8,12H,5-6,9H2,1-2H3,(H2,15,16,17). The Morgan fingerprint density at radius 3 is 2.95 bits per heavy atom. The molecule has 5 heteroatoms. The van der Waals surface area contributed by atoms with Crippen molar-refractivity contribution in [1.29, 1.82) is 0 Å². The number of hydrogen-bond donors (Lipinski definition) is 1. The molecule has 1 unspecified atom stereocenters. The largest absolute Gasteiger partial charge is 0.370 e. The van der Waals surface area contributed by atoms with Gasteiger partial charge in [-0.1, -0.05) is 0 Å². The molecule has 1 aliphatic rings. The van der Waals surface area contributed by atoms with Crippen LogP contribution in [-0.4, -0.2) is 48.1 Å². The van der Waals surface area contributed by atoms with Crippen LogP contribution in [0.3, 0.4) is 0 Å². The first-order valence-electron chi connectivity index (χ1n) is 6.57. The van der Waals surface area contributed by atoms with Crippen LogP contribution in [0.5, 0.6) is 0 Å². The average Bonchev–Trinajstić information content (AvgIpc) is 2.87. The first-order valence-corrected chi connectivity index (χ1v) is 6.57. The number of anilines is 2. The Balaban J connectivity index is 1.89. The summed E-state index contributed by atoms with van der Waals surface area (Å²) in [5, 5.41) is 1.03. The molecular weight excluding hydrogens is 238 g/mol. The van der Waals surface area contributed by atoms with E-state index in [1.54, 1.807) is 6.20 Å². The van der Waals surface area contributed by atoms with Crippen molar-refractivity contribution >= 4 is 22.5 Å². The SMILES string of the molecule is CN(C)C1CCN(c2ccc3cnc(N)nc3c2)C1. The first kappa shape index (κ1) is 12.2. The molecule has 1 aromatic heterocycles. The minimum Gasteiger partial charge on any atom is -0.370 e. The Morgan fingerprint density at radius 1 is 1.37 bits per heavy atom. The number of nitrogens with two attached hydrogens (primary N) is 1. The van der Waals surface area contributed by atoms with Crippen molar-refractivity contribution in [2.24, 2.45) is 0 Å². The second-order valence-electron chi connectivity index (χ2n) is 5.32. The highest BCUT2D eigenvalue weighted by Crippen LogP contribution is 2.25. The third-order valence-corrected chi connectivity index (χ3v) is 3.84. The zero-order valence-corrected chi connectivity index (χ0v) is 11.4. The number of fused-ring (bicyclic) bond motifs is 1. The second-order valence-corrected chi connectivity index (χ2v) is 5.32. The summed E-state index contributed by atoms with van der Waals surface area (Å²) < 4.78 is 0. The van der Waals surface area contributed by atoms with E-state index < -0.39 is 0 Å². The zero-order chi connectivity index (χ0) is 13.4. The number of likely N-dealkylation sites (N-methyl/N-ethyl adjacent to an activating group) is 1. The summed E-state index contributed by atoms with van der Waals surface area (Å²) >= 11 is 0. The summed E-state index contributed by atoms with van der Waals surface area (Å²) in [6, 6.07) is 6.93. The van der Waals surface area contributed by atoms with Gasteiger partial charge in [0.05, 0.1) is 5.52 Å². The van der Waals surface area contributed by atoms with Crippen LogP contribution in [0, 0.1) is 0 Å². The molecule has 3 rings (SSSR count). The van der Waals surface area contributed by atoms with Crippen molar-refractivity contribution < 1.29 is 0 Å². The number of hydrogen-bond acceptors (Lipinski definition) is 5. The Morgan fingerprint density at radius 2 is 2.21 bits per heavy atom. The van der Waals surface area contributed by atoms with Crippen LogP contribution in [0.25, 0.3) is 10.9 Å². The smallest absolute Gasteiger partial charge is 0.220 e. The second kappa shape index (κ2) is 4.66. The molecule has 1 aromatic carbocycles. The van der Waals surface area contributed by atoms with E-state index in [0.29, 0.717) is 12.0 Å². The maximum atomic E-state index is 5.65. The molecular formula is C14H19N5. The molecule has 0 saturated carbocycles. The zero-order valence-electron chi connectivity index (χ0n) is 11.4. The van der Waals surface area contributed by atoms with E-state index in [-0.39, 0.29) is 0 Å². The van der Waals surface area contributed by atoms with Gasteiger partial charge in [0, 0.05) is 36.4 Å². The lowest BCUT2D eigenvalue weighted by atomic mass is 10.2. The van der Waals surface area contributed by atoms with E-state index in [9.17, 15) is 0 Å². The fourth-order valence-corrected chi connectivity index (χ4v) is 2.62. The minimum absolute atomic E-state index is 0.331. The topological polar surface area (TPSA) is 58.3 Å². The summed E-state index contributed by atoms with van der Waals surface area (Å²) in [6.45, 7) is 2.16. The van der Waals surface area contributed by atoms with Gasteiger partial charge in [-0.25, -0.2) is 9.97 Å². The molecule has 19 heavy (non-hydrogen) atoms. The van der Waals surface area contributed by atoms with Crippen LogP contribution in [-0.2, 0) is 0 Å². The van der Waals surface area contributed by atoms with E-state index in [4.69, 9.17) is 5.73 Å². The predicted molar refractivity (Wildman–Crippen MR) is 78.3 cm³/mol. The molecule has 100 valence electrons. The van der Waals surface area contributed by atoms with Gasteiger partial charge in [-0.2, -0.15) is 0 Å². The van der Waals surface area contributed by atoms with Gasteiger partial charge in [0.25, 0.3) is 0 Å². The minimum atomic E-state index is 0.331. The van der Waals surface area contributed by atoms with Crippen LogP contribution in [0.4, 0.5) is 11.6 Å². The maximum Gasteiger partial charge on any atom is 0.220 e. The normalized spacial score (nSPS) is 19.5. The Hall–Kier alpha value is -1.88. The highest BCUT2D eigenvalue weighted by molar-refractivity contribution is 5.82. The fraction of sp³-hybridized carbons (Fsp3) is 0.429. The Labute approximate surface area is 113 Å². The van der Waals surface area contributed by atoms with E-state index in [0.717, 1.165) is 24.0 Å². The molecule has 2 aromatic rings. The van der Waals surface area contributed by atoms with Crippen LogP contribution >= 0.6 is 0 Å². The lowest BCUT2D eigenvalue weighted by Crippen LogP contribution is -2.31. The predicted octanol–water partition coefficient (Wildman–Crippen LogP) is 1.35. The summed E-state index contributed by atoms with van der Waals surface area (Å²) in [5.41, 5.74) is 7.78. The highest BCUT2D eigenvalue weighted by atomic mass is 15.2. The van der Waals surface area contributed by atoms with Gasteiger partial charge in [0.2, 0.25) is 5.95 Å². The number of rotatable bonds is 2. The number of nitrogen functional groups attached to an aromatic ring is 1. The maximum absolute atomic E-state index is 5.65. The lowest BCUT2D eigenvalue weighted by molar-refractivity contribution is 0.315. The van der Waals surface area contributed by atoms with E-state index in [2.05, 4.69) is 52.1 Å². The number of aromatic nitrogens is 2. The third kappa shape index (κ3) is 2.33. The number of benzene rings is 1. The van der Waals surface area contributed by atoms with E-state index >= 15 is 0 Å². The molecule has 0 spiro atoms. The molecule has 2 heterocycles. The molecule has 0 amide bonds. The molecule has 5 nitrogen and oxygen atoms in total. The van der Waals surface area contributed by atoms with Gasteiger partial charge < -0.3 is 15.5 Å². The van der Waals surface area contributed by atoms with Gasteiger partial charge in [-0.3, -0.25) is 0 Å². The molecule has 2 N–H and O–H groups in total. The number of nitrogens with zero attached hydrogens (tertiary/aromatic N) is 4. The van der Waals surface area contributed by atoms with Gasteiger partial charge in [0.1, 0.15) is 0 Å². The van der Waals surface area contributed by atoms with Gasteiger partial charge in [0.15, 0.2) is 0 Å². The molecule has 1 saturated heterocycles. The van der Waals surface area contributed by atoms with Crippen molar-refractivity contribution in [3.63, 3.8) is 0 Å². The van der Waals surface area contributed by atoms with Gasteiger partial charge in [-0.05, 0) is 38.7 Å². The summed E-state index contributed by atoms with van der Waals surface area (Å²) in [5.74, 6) is 0.331. The fourth-order valence-electron chi connectivity index (χ4n) is 2.62. The molecule has 1 atom stereocenters. The third-order valence-electron chi connectivity index (χ3n) is 3.84. The van der Waals surface area contributed by atoms with Crippen molar-refractivity contribution in [3.05, 3.63) is 24.4 Å². The average molecular weight is 257 g/mol. The van der Waals surface area contributed by atoms with Gasteiger partial charge in [-0.15, -0.1) is 0 Å². The van der Waals surface area contributed by atoms with Crippen molar-refractivity contribution in [2.75, 3.05) is 37.8 Å². The first-order chi connectivity index (χ1) is 9.13. The quantitative estimate of drug-likeness (QED) is 0.880. The molecule has 0 radical (unpaired) electrons. The van der Waals surface area contributed by atoms with Crippen molar-refractivity contribution in [3.8, 4) is 0 Å². The van der Waals surface area contributed by atoms with Crippen molar-refractivity contribution in [2.45, 2.75) is 12.5 Å². The highest BCUT2D eigenvalue weighted by Gasteiger charge is 2.24. The molecule has 1 fully saturated rings. The molecule has 0 bridgehead atoms. The van der Waals surface area contributed by atoms with Gasteiger partial charge >= 0.3 is 0 Å². The van der Waals surface area contributed by atoms with Crippen molar-refractivity contribution in [1.82, 2.24) is 14.9 Å². The van der Waals surface area contributed by atoms with Crippen LogP contribution in [0.2, 0.25) is 0 Å². The molecule has 1 aliphatic heterocycles. The summed E-state index contributed by atoms with van der Waals surface area (Å²) in [6.07, 6.45) is 2.98. The Bertz CT molecular complexity index is 595. The molecule has 0 aliphatic carbocycles. The summed E-state index contributed by atoms with van der Waals surface area (Å²) in [4.78, 5) is 13.0. The van der Waals surface area contributed by atoms with E-state index in [1.807, 2.05) is 0 Å². The van der Waals surface area contributed by atoms with Crippen LogP contribution in [0.15, 0.2) is 24.4 Å². The van der Waals surface area contributed by atoms with Crippen LogP contribution < -0.4 is 10.6 Å².